The molecule has 0 saturated carbocycles. The summed E-state index contributed by atoms with van der Waals surface area (Å²) in [5.41, 5.74) is 4.51. The molecular formula is C30H29NO4. The van der Waals surface area contributed by atoms with Crippen molar-refractivity contribution in [2.75, 3.05) is 6.61 Å². The summed E-state index contributed by atoms with van der Waals surface area (Å²) >= 11 is 0. The van der Waals surface area contributed by atoms with Crippen LogP contribution in [0.3, 0.4) is 0 Å². The molecule has 1 heterocycles. The van der Waals surface area contributed by atoms with Crippen LogP contribution >= 0.6 is 0 Å². The van der Waals surface area contributed by atoms with Crippen LogP contribution in [-0.4, -0.2) is 18.3 Å². The number of carbonyl (C=O) groups excluding carboxylic acids is 2. The van der Waals surface area contributed by atoms with Crippen molar-refractivity contribution in [1.29, 1.82) is 0 Å². The highest BCUT2D eigenvalue weighted by atomic mass is 16.5. The van der Waals surface area contributed by atoms with E-state index in [0.29, 0.717) is 31.8 Å². The van der Waals surface area contributed by atoms with Gasteiger partial charge in [-0.15, -0.1) is 0 Å². The van der Waals surface area contributed by atoms with Crippen LogP contribution in [0.5, 0.6) is 11.5 Å². The lowest BCUT2D eigenvalue weighted by molar-refractivity contribution is -0.122. The average Bonchev–Trinajstić information content (AvgIpc) is 2.88. The van der Waals surface area contributed by atoms with Crippen molar-refractivity contribution in [3.63, 3.8) is 0 Å². The number of para-hydroxylation sites is 1. The number of ether oxygens (including phenoxy) is 2. The van der Waals surface area contributed by atoms with Crippen LogP contribution in [-0.2, 0) is 16.2 Å². The van der Waals surface area contributed by atoms with E-state index in [4.69, 9.17) is 9.47 Å². The predicted octanol–water partition coefficient (Wildman–Crippen LogP) is 5.67. The topological polar surface area (TPSA) is 64.6 Å². The van der Waals surface area contributed by atoms with Gasteiger partial charge in [0.1, 0.15) is 18.1 Å². The summed E-state index contributed by atoms with van der Waals surface area (Å²) in [5, 5.41) is 3.01. The van der Waals surface area contributed by atoms with Gasteiger partial charge in [0.25, 0.3) is 0 Å². The second kappa shape index (κ2) is 10.2. The Balaban J connectivity index is 1.42. The normalized spacial score (nSPS) is 19.7. The molecule has 0 aromatic heterocycles. The van der Waals surface area contributed by atoms with Crippen LogP contribution in [0.1, 0.15) is 54.7 Å². The van der Waals surface area contributed by atoms with Crippen LogP contribution in [0, 0.1) is 0 Å². The Morgan fingerprint density at radius 2 is 1.57 bits per heavy atom. The SMILES string of the molecule is CCOc1ccc(C2CC(=O)C3=C(C2)NC(=O)CC3c2ccccc2OCc2ccccc2)cc1. The van der Waals surface area contributed by atoms with Crippen LogP contribution < -0.4 is 14.8 Å². The van der Waals surface area contributed by atoms with E-state index in [1.165, 1.54) is 0 Å². The van der Waals surface area contributed by atoms with Crippen LogP contribution in [0.2, 0.25) is 0 Å². The largest absolute Gasteiger partial charge is 0.494 e. The zero-order valence-corrected chi connectivity index (χ0v) is 19.8. The molecule has 2 unspecified atom stereocenters. The first-order valence-electron chi connectivity index (χ1n) is 12.2. The maximum atomic E-state index is 13.5. The minimum absolute atomic E-state index is 0.0283. The number of hydrogen-bond acceptors (Lipinski definition) is 4. The first-order chi connectivity index (χ1) is 17.1. The molecule has 5 nitrogen and oxygen atoms in total. The van der Waals surface area contributed by atoms with Gasteiger partial charge >= 0.3 is 0 Å². The molecule has 3 aromatic rings. The Bertz CT molecular complexity index is 1250. The van der Waals surface area contributed by atoms with Crippen molar-refractivity contribution >= 4 is 11.7 Å². The van der Waals surface area contributed by atoms with Crippen molar-refractivity contribution in [3.8, 4) is 11.5 Å². The number of rotatable bonds is 7. The van der Waals surface area contributed by atoms with Gasteiger partial charge in [0, 0.05) is 35.6 Å². The maximum absolute atomic E-state index is 13.5. The fourth-order valence-electron chi connectivity index (χ4n) is 5.10. The molecule has 2 atom stereocenters. The van der Waals surface area contributed by atoms with Crippen molar-refractivity contribution in [3.05, 3.63) is 107 Å². The molecule has 5 heteroatoms. The minimum Gasteiger partial charge on any atom is -0.494 e. The molecule has 0 fully saturated rings. The third kappa shape index (κ3) is 4.99. The molecule has 1 N–H and O–H groups in total. The zero-order valence-electron chi connectivity index (χ0n) is 19.8. The summed E-state index contributed by atoms with van der Waals surface area (Å²) in [6.07, 6.45) is 1.29. The van der Waals surface area contributed by atoms with Gasteiger partial charge in [0.15, 0.2) is 5.78 Å². The first-order valence-corrected chi connectivity index (χ1v) is 12.2. The van der Waals surface area contributed by atoms with Gasteiger partial charge in [0.05, 0.1) is 6.61 Å². The lowest BCUT2D eigenvalue weighted by atomic mass is 9.73. The fourth-order valence-corrected chi connectivity index (χ4v) is 5.10. The first kappa shape index (κ1) is 22.9. The van der Waals surface area contributed by atoms with Crippen LogP contribution in [0.4, 0.5) is 0 Å². The van der Waals surface area contributed by atoms with Gasteiger partial charge in [-0.3, -0.25) is 9.59 Å². The molecule has 0 radical (unpaired) electrons. The molecule has 5 rings (SSSR count). The van der Waals surface area contributed by atoms with E-state index in [2.05, 4.69) is 5.32 Å². The number of nitrogens with one attached hydrogen (secondary N) is 1. The summed E-state index contributed by atoms with van der Waals surface area (Å²) in [7, 11) is 0. The highest BCUT2D eigenvalue weighted by Gasteiger charge is 2.39. The molecule has 0 saturated heterocycles. The smallest absolute Gasteiger partial charge is 0.225 e. The summed E-state index contributed by atoms with van der Waals surface area (Å²) in [5.74, 6) is 1.28. The Morgan fingerprint density at radius 1 is 0.829 bits per heavy atom. The van der Waals surface area contributed by atoms with Gasteiger partial charge in [-0.2, -0.15) is 0 Å². The fraction of sp³-hybridized carbons (Fsp3) is 0.267. The second-order valence-corrected chi connectivity index (χ2v) is 9.04. The summed E-state index contributed by atoms with van der Waals surface area (Å²) in [6.45, 7) is 2.99. The molecular weight excluding hydrogens is 438 g/mol. The van der Waals surface area contributed by atoms with Crippen LogP contribution in [0.25, 0.3) is 0 Å². The molecule has 0 spiro atoms. The molecule has 178 valence electrons. The number of benzene rings is 3. The van der Waals surface area contributed by atoms with E-state index in [0.717, 1.165) is 33.7 Å². The number of Topliss-reactive ketones (excluding diaryl/α,β-unsaturated/α-hetero) is 1. The number of carbonyl (C=O) groups is 2. The van der Waals surface area contributed by atoms with Crippen molar-refractivity contribution in [1.82, 2.24) is 5.32 Å². The second-order valence-electron chi connectivity index (χ2n) is 9.04. The summed E-state index contributed by atoms with van der Waals surface area (Å²) < 4.78 is 11.7. The van der Waals surface area contributed by atoms with Gasteiger partial charge in [-0.25, -0.2) is 0 Å². The van der Waals surface area contributed by atoms with Crippen molar-refractivity contribution in [2.45, 2.75) is 44.6 Å². The Morgan fingerprint density at radius 3 is 2.34 bits per heavy atom. The molecule has 35 heavy (non-hydrogen) atoms. The Hall–Kier alpha value is -3.86. The van der Waals surface area contributed by atoms with Crippen LogP contribution in [0.15, 0.2) is 90.1 Å². The monoisotopic (exact) mass is 467 g/mol. The van der Waals surface area contributed by atoms with E-state index in [-0.39, 0.29) is 29.9 Å². The van der Waals surface area contributed by atoms with Gasteiger partial charge in [-0.05, 0) is 48.6 Å². The average molecular weight is 468 g/mol. The molecule has 1 amide bonds. The van der Waals surface area contributed by atoms with Gasteiger partial charge < -0.3 is 14.8 Å². The number of allylic oxidation sites excluding steroid dienone is 2. The lowest BCUT2D eigenvalue weighted by Gasteiger charge is -2.35. The van der Waals surface area contributed by atoms with E-state index in [9.17, 15) is 9.59 Å². The Labute approximate surface area is 205 Å². The molecule has 2 aliphatic rings. The predicted molar refractivity (Wildman–Crippen MR) is 134 cm³/mol. The van der Waals surface area contributed by atoms with E-state index >= 15 is 0 Å². The van der Waals surface area contributed by atoms with Crippen molar-refractivity contribution in [2.24, 2.45) is 0 Å². The third-order valence-corrected chi connectivity index (χ3v) is 6.73. The number of hydrogen-bond donors (Lipinski definition) is 1. The van der Waals surface area contributed by atoms with Crippen molar-refractivity contribution < 1.29 is 19.1 Å². The van der Waals surface area contributed by atoms with E-state index in [1.807, 2.05) is 85.8 Å². The van der Waals surface area contributed by atoms with Gasteiger partial charge in [-0.1, -0.05) is 60.7 Å². The lowest BCUT2D eigenvalue weighted by Crippen LogP contribution is -2.38. The molecule has 1 aliphatic heterocycles. The minimum atomic E-state index is -0.306. The maximum Gasteiger partial charge on any atom is 0.225 e. The number of ketones is 1. The van der Waals surface area contributed by atoms with Gasteiger partial charge in [0.2, 0.25) is 5.91 Å². The molecule has 1 aliphatic carbocycles. The quantitative estimate of drug-likeness (QED) is 0.486. The molecule has 0 bridgehead atoms. The highest BCUT2D eigenvalue weighted by molar-refractivity contribution is 6.02. The van der Waals surface area contributed by atoms with E-state index < -0.39 is 0 Å². The highest BCUT2D eigenvalue weighted by Crippen LogP contribution is 2.44. The summed E-state index contributed by atoms with van der Waals surface area (Å²) in [4.78, 5) is 26.2. The Kier molecular flexibility index (Phi) is 6.66. The number of amides is 1. The third-order valence-electron chi connectivity index (χ3n) is 6.73. The molecule has 3 aromatic carbocycles. The standard InChI is InChI=1S/C30H29NO4/c1-2-34-23-14-12-21(13-15-23)22-16-26-30(27(32)17-22)25(18-29(33)31-26)24-10-6-7-11-28(24)35-19-20-8-4-3-5-9-20/h3-15,22,25H,2,16-19H2,1H3,(H,31,33). The zero-order chi connectivity index (χ0) is 24.2. The van der Waals surface area contributed by atoms with E-state index in [1.54, 1.807) is 0 Å². The summed E-state index contributed by atoms with van der Waals surface area (Å²) in [6, 6.07) is 25.6.